The van der Waals surface area contributed by atoms with Crippen molar-refractivity contribution in [2.75, 3.05) is 18.0 Å². The minimum absolute atomic E-state index is 0.0276. The third kappa shape index (κ3) is 2.88. The van der Waals surface area contributed by atoms with E-state index in [-0.39, 0.29) is 17.2 Å². The average molecular weight is 296 g/mol. The first kappa shape index (κ1) is 15.8. The van der Waals surface area contributed by atoms with Crippen LogP contribution in [0.2, 0.25) is 0 Å². The maximum absolute atomic E-state index is 11.2. The maximum Gasteiger partial charge on any atom is 0.406 e. The van der Waals surface area contributed by atoms with Gasteiger partial charge in [0.15, 0.2) is 0 Å². The fourth-order valence-corrected chi connectivity index (χ4v) is 3.19. The van der Waals surface area contributed by atoms with Gasteiger partial charge in [0.05, 0.1) is 6.10 Å². The Morgan fingerprint density at radius 3 is 2.52 bits per heavy atom. The maximum atomic E-state index is 11.2. The minimum Gasteiger partial charge on any atom is -0.391 e. The van der Waals surface area contributed by atoms with E-state index >= 15 is 0 Å². The van der Waals surface area contributed by atoms with Crippen molar-refractivity contribution in [3.8, 4) is 0 Å². The first-order valence-electron chi connectivity index (χ1n) is 7.23. The van der Waals surface area contributed by atoms with Crippen LogP contribution >= 0.6 is 0 Å². The lowest BCUT2D eigenvalue weighted by molar-refractivity contribution is -0.388. The van der Waals surface area contributed by atoms with E-state index in [9.17, 15) is 15.2 Å². The van der Waals surface area contributed by atoms with Crippen molar-refractivity contribution in [3.05, 3.63) is 15.9 Å². The van der Waals surface area contributed by atoms with E-state index in [1.165, 1.54) is 0 Å². The van der Waals surface area contributed by atoms with Crippen LogP contribution in [-0.2, 0) is 7.05 Å². The van der Waals surface area contributed by atoms with Crippen LogP contribution in [0.25, 0.3) is 0 Å². The number of hydrogen-bond acceptors (Lipinski definition) is 5. The van der Waals surface area contributed by atoms with E-state index in [0.717, 1.165) is 6.42 Å². The highest BCUT2D eigenvalue weighted by atomic mass is 16.6. The van der Waals surface area contributed by atoms with Crippen molar-refractivity contribution in [2.45, 2.75) is 40.2 Å². The Labute approximate surface area is 124 Å². The van der Waals surface area contributed by atoms with Crippen molar-refractivity contribution in [2.24, 2.45) is 18.4 Å². The summed E-state index contributed by atoms with van der Waals surface area (Å²) in [6.07, 6.45) is 0.319. The summed E-state index contributed by atoms with van der Waals surface area (Å²) >= 11 is 0. The number of piperidine rings is 1. The summed E-state index contributed by atoms with van der Waals surface area (Å²) in [5.74, 6) is 1.16. The Kier molecular flexibility index (Phi) is 3.97. The summed E-state index contributed by atoms with van der Waals surface area (Å²) < 4.78 is 1.72. The van der Waals surface area contributed by atoms with Gasteiger partial charge in [-0.15, -0.1) is 0 Å². The SMILES string of the molecule is Cc1nc([N+](=O)[O-])c(N2CC[C@@H](C(C)(C)C)[C@@H](O)C2)n1C. The van der Waals surface area contributed by atoms with Gasteiger partial charge in [0, 0.05) is 27.1 Å². The summed E-state index contributed by atoms with van der Waals surface area (Å²) in [6.45, 7) is 9.20. The number of aliphatic hydroxyl groups excluding tert-OH is 1. The molecular formula is C14H24N4O3. The van der Waals surface area contributed by atoms with Crippen LogP contribution in [-0.4, -0.2) is 38.8 Å². The number of nitrogens with zero attached hydrogens (tertiary/aromatic N) is 4. The van der Waals surface area contributed by atoms with E-state index in [2.05, 4.69) is 25.8 Å². The quantitative estimate of drug-likeness (QED) is 0.665. The molecule has 118 valence electrons. The zero-order valence-corrected chi connectivity index (χ0v) is 13.3. The predicted molar refractivity (Wildman–Crippen MR) is 80.4 cm³/mol. The molecule has 0 unspecified atom stereocenters. The second-order valence-corrected chi connectivity index (χ2v) is 6.90. The van der Waals surface area contributed by atoms with Crippen molar-refractivity contribution in [1.82, 2.24) is 9.55 Å². The second-order valence-electron chi connectivity index (χ2n) is 6.90. The Balaban J connectivity index is 2.28. The molecule has 7 nitrogen and oxygen atoms in total. The summed E-state index contributed by atoms with van der Waals surface area (Å²) in [5, 5.41) is 21.6. The highest BCUT2D eigenvalue weighted by Crippen LogP contribution is 2.37. The van der Waals surface area contributed by atoms with E-state index in [1.807, 2.05) is 4.90 Å². The lowest BCUT2D eigenvalue weighted by atomic mass is 9.74. The van der Waals surface area contributed by atoms with Gasteiger partial charge in [0.25, 0.3) is 0 Å². The standard InChI is InChI=1S/C14H24N4O3/c1-9-15-12(18(20)21)13(16(9)5)17-7-6-10(11(19)8-17)14(2,3)4/h10-11,19H,6-8H2,1-5H3/t10-,11+/m1/s1. The molecule has 1 aliphatic heterocycles. The number of imidazole rings is 1. The van der Waals surface area contributed by atoms with Crippen molar-refractivity contribution >= 4 is 11.6 Å². The molecule has 1 aromatic rings. The predicted octanol–water partition coefficient (Wildman–Crippen LogP) is 1.87. The fourth-order valence-electron chi connectivity index (χ4n) is 3.19. The molecule has 0 aromatic carbocycles. The molecular weight excluding hydrogens is 272 g/mol. The molecule has 1 N–H and O–H groups in total. The number of β-amino-alcohol motifs (C(OH)–C–C–N with tert-alkyl or cyclic N) is 1. The molecule has 7 heteroatoms. The normalized spacial score (nSPS) is 23.4. The molecule has 1 saturated heterocycles. The molecule has 1 fully saturated rings. The monoisotopic (exact) mass is 296 g/mol. The molecule has 0 radical (unpaired) electrons. The van der Waals surface area contributed by atoms with Gasteiger partial charge < -0.3 is 20.1 Å². The molecule has 1 aliphatic rings. The number of anilines is 1. The first-order valence-corrected chi connectivity index (χ1v) is 7.23. The number of hydrogen-bond donors (Lipinski definition) is 1. The van der Waals surface area contributed by atoms with E-state index < -0.39 is 11.0 Å². The Morgan fingerprint density at radius 2 is 2.05 bits per heavy atom. The Bertz CT molecular complexity index is 547. The van der Waals surface area contributed by atoms with Crippen molar-refractivity contribution < 1.29 is 10.0 Å². The molecule has 0 aliphatic carbocycles. The Morgan fingerprint density at radius 1 is 1.43 bits per heavy atom. The van der Waals surface area contributed by atoms with Crippen LogP contribution in [0, 0.1) is 28.4 Å². The number of aliphatic hydroxyl groups is 1. The van der Waals surface area contributed by atoms with Gasteiger partial charge >= 0.3 is 5.82 Å². The Hall–Kier alpha value is -1.63. The molecule has 2 heterocycles. The minimum atomic E-state index is -0.492. The van der Waals surface area contributed by atoms with Gasteiger partial charge in [-0.1, -0.05) is 20.8 Å². The molecule has 0 saturated carbocycles. The average Bonchev–Trinajstić information content (AvgIpc) is 2.64. The van der Waals surface area contributed by atoms with Crippen LogP contribution in [0.3, 0.4) is 0 Å². The molecule has 2 atom stereocenters. The van der Waals surface area contributed by atoms with Gasteiger partial charge in [0.2, 0.25) is 11.6 Å². The molecule has 0 amide bonds. The topological polar surface area (TPSA) is 84.4 Å². The lowest BCUT2D eigenvalue weighted by Gasteiger charge is -2.42. The van der Waals surface area contributed by atoms with Gasteiger partial charge in [-0.05, 0) is 27.7 Å². The third-order valence-electron chi connectivity index (χ3n) is 4.44. The van der Waals surface area contributed by atoms with Crippen molar-refractivity contribution in [1.29, 1.82) is 0 Å². The van der Waals surface area contributed by atoms with E-state index in [0.29, 0.717) is 24.7 Å². The summed E-state index contributed by atoms with van der Waals surface area (Å²) in [4.78, 5) is 16.6. The summed E-state index contributed by atoms with van der Waals surface area (Å²) in [5.41, 5.74) is 0.0276. The first-order chi connectivity index (χ1) is 9.62. The summed E-state index contributed by atoms with van der Waals surface area (Å²) in [6, 6.07) is 0. The second kappa shape index (κ2) is 5.29. The lowest BCUT2D eigenvalue weighted by Crippen LogP contribution is -2.48. The van der Waals surface area contributed by atoms with E-state index in [4.69, 9.17) is 0 Å². The zero-order valence-electron chi connectivity index (χ0n) is 13.3. The van der Waals surface area contributed by atoms with Crippen LogP contribution < -0.4 is 4.90 Å². The van der Waals surface area contributed by atoms with Gasteiger partial charge in [0.1, 0.15) is 0 Å². The molecule has 0 spiro atoms. The summed E-state index contributed by atoms with van der Waals surface area (Å²) in [7, 11) is 1.77. The molecule has 2 rings (SSSR count). The van der Waals surface area contributed by atoms with Gasteiger partial charge in [-0.3, -0.25) is 4.57 Å². The van der Waals surface area contributed by atoms with Crippen LogP contribution in [0.5, 0.6) is 0 Å². The van der Waals surface area contributed by atoms with Crippen molar-refractivity contribution in [3.63, 3.8) is 0 Å². The van der Waals surface area contributed by atoms with Gasteiger partial charge in [-0.2, -0.15) is 0 Å². The number of rotatable bonds is 2. The fraction of sp³-hybridized carbons (Fsp3) is 0.786. The van der Waals surface area contributed by atoms with Crippen LogP contribution in [0.4, 0.5) is 11.6 Å². The number of nitro groups is 1. The zero-order chi connectivity index (χ0) is 15.9. The smallest absolute Gasteiger partial charge is 0.391 e. The molecule has 21 heavy (non-hydrogen) atoms. The third-order valence-corrected chi connectivity index (χ3v) is 4.44. The highest BCUT2D eigenvalue weighted by molar-refractivity contribution is 5.56. The highest BCUT2D eigenvalue weighted by Gasteiger charge is 2.39. The van der Waals surface area contributed by atoms with E-state index in [1.54, 1.807) is 18.5 Å². The number of aromatic nitrogens is 2. The van der Waals surface area contributed by atoms with Crippen LogP contribution in [0.1, 0.15) is 33.0 Å². The molecule has 0 bridgehead atoms. The largest absolute Gasteiger partial charge is 0.406 e. The molecule has 1 aromatic heterocycles. The number of aryl methyl sites for hydroxylation is 1. The van der Waals surface area contributed by atoms with Crippen LogP contribution in [0.15, 0.2) is 0 Å². The van der Waals surface area contributed by atoms with Gasteiger partial charge in [-0.25, -0.2) is 0 Å².